The minimum Gasteiger partial charge on any atom is -0.481 e. The number of fused-ring (bicyclic) bond motifs is 1. The molecule has 21 heavy (non-hydrogen) atoms. The topological polar surface area (TPSA) is 83.4 Å². The fraction of sp³-hybridized carbons (Fsp3) is 0.333. The highest BCUT2D eigenvalue weighted by atomic mass is 16.4. The van der Waals surface area contributed by atoms with Crippen molar-refractivity contribution < 1.29 is 14.7 Å². The van der Waals surface area contributed by atoms with Gasteiger partial charge in [0.15, 0.2) is 0 Å². The second-order valence-electron chi connectivity index (χ2n) is 5.13. The van der Waals surface area contributed by atoms with Crippen LogP contribution in [0.3, 0.4) is 0 Å². The normalized spacial score (nSPS) is 16.1. The Morgan fingerprint density at radius 3 is 2.57 bits per heavy atom. The molecule has 0 atom stereocenters. The van der Waals surface area contributed by atoms with E-state index in [0.717, 1.165) is 0 Å². The van der Waals surface area contributed by atoms with Gasteiger partial charge in [0.2, 0.25) is 0 Å². The summed E-state index contributed by atoms with van der Waals surface area (Å²) in [6, 6.07) is 5.34. The Balaban J connectivity index is 1.84. The van der Waals surface area contributed by atoms with Crippen LogP contribution in [0.1, 0.15) is 23.2 Å². The van der Waals surface area contributed by atoms with Crippen molar-refractivity contribution in [3.8, 4) is 0 Å². The van der Waals surface area contributed by atoms with Crippen LogP contribution in [0.15, 0.2) is 30.6 Å². The SMILES string of the molecule is O=C(O)C1CCN(C(=O)c2cccc3nccnc23)CC1. The summed E-state index contributed by atoms with van der Waals surface area (Å²) >= 11 is 0. The molecule has 1 N–H and O–H groups in total. The first-order valence-corrected chi connectivity index (χ1v) is 6.88. The van der Waals surface area contributed by atoms with Crippen LogP contribution >= 0.6 is 0 Å². The van der Waals surface area contributed by atoms with Crippen LogP contribution < -0.4 is 0 Å². The molecular formula is C15H15N3O3. The first kappa shape index (κ1) is 13.5. The number of carboxylic acids is 1. The molecule has 0 saturated carbocycles. The Kier molecular flexibility index (Phi) is 3.51. The van der Waals surface area contributed by atoms with Gasteiger partial charge >= 0.3 is 5.97 Å². The van der Waals surface area contributed by atoms with Crippen molar-refractivity contribution in [2.75, 3.05) is 13.1 Å². The minimum absolute atomic E-state index is 0.107. The van der Waals surface area contributed by atoms with Crippen molar-refractivity contribution in [3.05, 3.63) is 36.2 Å². The number of aromatic nitrogens is 2. The summed E-state index contributed by atoms with van der Waals surface area (Å²) in [6.45, 7) is 0.929. The molecule has 0 bridgehead atoms. The second kappa shape index (κ2) is 5.47. The van der Waals surface area contributed by atoms with Gasteiger partial charge in [-0.15, -0.1) is 0 Å². The van der Waals surface area contributed by atoms with Crippen molar-refractivity contribution in [1.82, 2.24) is 14.9 Å². The number of benzene rings is 1. The number of carbonyl (C=O) groups is 2. The highest BCUT2D eigenvalue weighted by molar-refractivity contribution is 6.04. The molecule has 1 saturated heterocycles. The molecule has 0 unspecified atom stereocenters. The Labute approximate surface area is 121 Å². The maximum Gasteiger partial charge on any atom is 0.306 e. The van der Waals surface area contributed by atoms with Gasteiger partial charge in [0.1, 0.15) is 5.52 Å². The number of carboxylic acid groups (broad SMARTS) is 1. The Bertz CT molecular complexity index is 688. The number of rotatable bonds is 2. The van der Waals surface area contributed by atoms with E-state index in [9.17, 15) is 9.59 Å². The number of carbonyl (C=O) groups excluding carboxylic acids is 1. The van der Waals surface area contributed by atoms with Gasteiger partial charge in [-0.2, -0.15) is 0 Å². The van der Waals surface area contributed by atoms with Crippen molar-refractivity contribution in [2.24, 2.45) is 5.92 Å². The van der Waals surface area contributed by atoms with E-state index in [0.29, 0.717) is 42.5 Å². The predicted molar refractivity (Wildman–Crippen MR) is 75.8 cm³/mol. The zero-order valence-corrected chi connectivity index (χ0v) is 11.4. The van der Waals surface area contributed by atoms with E-state index in [1.165, 1.54) is 0 Å². The molecule has 1 aliphatic heterocycles. The third-order valence-electron chi connectivity index (χ3n) is 3.86. The van der Waals surface area contributed by atoms with Gasteiger partial charge in [0.25, 0.3) is 5.91 Å². The lowest BCUT2D eigenvalue weighted by Crippen LogP contribution is -2.40. The summed E-state index contributed by atoms with van der Waals surface area (Å²) < 4.78 is 0. The van der Waals surface area contributed by atoms with E-state index in [4.69, 9.17) is 5.11 Å². The number of hydrogen-bond acceptors (Lipinski definition) is 4. The van der Waals surface area contributed by atoms with Crippen LogP contribution in [0.25, 0.3) is 11.0 Å². The van der Waals surface area contributed by atoms with Gasteiger partial charge in [-0.25, -0.2) is 0 Å². The fourth-order valence-corrected chi connectivity index (χ4v) is 2.67. The zero-order chi connectivity index (χ0) is 14.8. The lowest BCUT2D eigenvalue weighted by atomic mass is 9.96. The van der Waals surface area contributed by atoms with Crippen molar-refractivity contribution in [1.29, 1.82) is 0 Å². The van der Waals surface area contributed by atoms with Crippen LogP contribution in [0, 0.1) is 5.92 Å². The number of aliphatic carboxylic acids is 1. The highest BCUT2D eigenvalue weighted by Gasteiger charge is 2.28. The number of likely N-dealkylation sites (tertiary alicyclic amines) is 1. The molecule has 2 heterocycles. The van der Waals surface area contributed by atoms with Crippen LogP contribution in [0.2, 0.25) is 0 Å². The van der Waals surface area contributed by atoms with Gasteiger partial charge in [0, 0.05) is 25.5 Å². The summed E-state index contributed by atoms with van der Waals surface area (Å²) in [5, 5.41) is 9.00. The Hall–Kier alpha value is -2.50. The maximum atomic E-state index is 12.6. The van der Waals surface area contributed by atoms with Gasteiger partial charge < -0.3 is 10.0 Å². The van der Waals surface area contributed by atoms with E-state index in [2.05, 4.69) is 9.97 Å². The van der Waals surface area contributed by atoms with Crippen molar-refractivity contribution >= 4 is 22.9 Å². The number of nitrogens with zero attached hydrogens (tertiary/aromatic N) is 3. The predicted octanol–water partition coefficient (Wildman–Crippen LogP) is 1.57. The summed E-state index contributed by atoms with van der Waals surface area (Å²) in [6.07, 6.45) is 4.15. The number of para-hydroxylation sites is 1. The van der Waals surface area contributed by atoms with Crippen molar-refractivity contribution in [3.63, 3.8) is 0 Å². The molecule has 0 aliphatic carbocycles. The number of hydrogen-bond donors (Lipinski definition) is 1. The summed E-state index contributed by atoms with van der Waals surface area (Å²) in [5.41, 5.74) is 1.79. The molecule has 1 fully saturated rings. The highest BCUT2D eigenvalue weighted by Crippen LogP contribution is 2.21. The molecular weight excluding hydrogens is 270 g/mol. The molecule has 6 heteroatoms. The van der Waals surface area contributed by atoms with Crippen LogP contribution in [-0.2, 0) is 4.79 Å². The fourth-order valence-electron chi connectivity index (χ4n) is 2.67. The molecule has 6 nitrogen and oxygen atoms in total. The molecule has 3 rings (SSSR count). The van der Waals surface area contributed by atoms with Gasteiger partial charge in [-0.1, -0.05) is 6.07 Å². The summed E-state index contributed by atoms with van der Waals surface area (Å²) in [4.78, 5) is 33.7. The molecule has 108 valence electrons. The largest absolute Gasteiger partial charge is 0.481 e. The third kappa shape index (κ3) is 2.56. The Morgan fingerprint density at radius 1 is 1.14 bits per heavy atom. The van der Waals surface area contributed by atoms with Crippen LogP contribution in [-0.4, -0.2) is 44.9 Å². The van der Waals surface area contributed by atoms with E-state index in [1.54, 1.807) is 29.4 Å². The molecule has 0 spiro atoms. The van der Waals surface area contributed by atoms with E-state index in [-0.39, 0.29) is 11.8 Å². The van der Waals surface area contributed by atoms with Gasteiger partial charge in [-0.05, 0) is 25.0 Å². The Morgan fingerprint density at radius 2 is 1.86 bits per heavy atom. The minimum atomic E-state index is -0.780. The van der Waals surface area contributed by atoms with E-state index < -0.39 is 5.97 Å². The summed E-state index contributed by atoms with van der Waals surface area (Å²) in [7, 11) is 0. The molecule has 1 aromatic heterocycles. The summed E-state index contributed by atoms with van der Waals surface area (Å²) in [5.74, 6) is -1.23. The average molecular weight is 285 g/mol. The molecule has 1 aliphatic rings. The lowest BCUT2D eigenvalue weighted by molar-refractivity contribution is -0.143. The van der Waals surface area contributed by atoms with E-state index in [1.807, 2.05) is 6.07 Å². The quantitative estimate of drug-likeness (QED) is 0.905. The zero-order valence-electron chi connectivity index (χ0n) is 11.4. The van der Waals surface area contributed by atoms with Crippen LogP contribution in [0.4, 0.5) is 0 Å². The monoisotopic (exact) mass is 285 g/mol. The molecule has 1 aromatic carbocycles. The number of amides is 1. The van der Waals surface area contributed by atoms with Gasteiger partial charge in [0.05, 0.1) is 17.0 Å². The first-order chi connectivity index (χ1) is 10.2. The van der Waals surface area contributed by atoms with Crippen molar-refractivity contribution in [2.45, 2.75) is 12.8 Å². The molecule has 2 aromatic rings. The van der Waals surface area contributed by atoms with Gasteiger partial charge in [-0.3, -0.25) is 19.6 Å². The average Bonchev–Trinajstić information content (AvgIpc) is 2.53. The molecule has 0 radical (unpaired) electrons. The smallest absolute Gasteiger partial charge is 0.306 e. The van der Waals surface area contributed by atoms with Crippen LogP contribution in [0.5, 0.6) is 0 Å². The first-order valence-electron chi connectivity index (χ1n) is 6.88. The lowest BCUT2D eigenvalue weighted by Gasteiger charge is -2.30. The number of piperidine rings is 1. The molecule has 1 amide bonds. The standard InChI is InChI=1S/C15H15N3O3/c19-14(18-8-4-10(5-9-18)15(20)21)11-2-1-3-12-13(11)17-7-6-16-12/h1-3,6-7,10H,4-5,8-9H2,(H,20,21). The third-order valence-corrected chi connectivity index (χ3v) is 3.86. The van der Waals surface area contributed by atoms with E-state index >= 15 is 0 Å². The maximum absolute atomic E-state index is 12.6. The second-order valence-corrected chi connectivity index (χ2v) is 5.13.